The molecule has 0 saturated carbocycles. The molecule has 106 valence electrons. The number of nitrogen functional groups attached to an aromatic ring is 1. The molecule has 2 rings (SSSR count). The maximum Gasteiger partial charge on any atom is 0.414 e. The molecule has 3 N–H and O–H groups in total. The molecule has 2 aromatic rings. The molecule has 0 saturated heterocycles. The summed E-state index contributed by atoms with van der Waals surface area (Å²) in [7, 11) is 0. The van der Waals surface area contributed by atoms with E-state index in [9.17, 15) is 4.79 Å². The Morgan fingerprint density at radius 2 is 1.95 bits per heavy atom. The summed E-state index contributed by atoms with van der Waals surface area (Å²) in [4.78, 5) is 19.5. The van der Waals surface area contributed by atoms with E-state index in [0.29, 0.717) is 17.0 Å². The molecule has 8 heteroatoms. The van der Waals surface area contributed by atoms with Crippen LogP contribution in [-0.4, -0.2) is 26.8 Å². The van der Waals surface area contributed by atoms with E-state index in [1.165, 1.54) is 18.6 Å². The monoisotopic (exact) mass is 277 g/mol. The van der Waals surface area contributed by atoms with Gasteiger partial charge < -0.3 is 15.0 Å². The number of nitrogens with zero attached hydrogens (tertiary/aromatic N) is 3. The van der Waals surface area contributed by atoms with Crippen molar-refractivity contribution >= 4 is 17.7 Å². The predicted molar refractivity (Wildman–Crippen MR) is 71.8 cm³/mol. The highest BCUT2D eigenvalue weighted by Gasteiger charge is 2.17. The van der Waals surface area contributed by atoms with E-state index in [4.69, 9.17) is 15.0 Å². The highest BCUT2D eigenvalue weighted by molar-refractivity contribution is 5.82. The molecule has 0 fully saturated rings. The van der Waals surface area contributed by atoms with Crippen LogP contribution in [0.4, 0.5) is 16.4 Å². The number of hydrogen-bond donors (Lipinski definition) is 2. The average molecular weight is 277 g/mol. The molecule has 1 amide bonds. The quantitative estimate of drug-likeness (QED) is 0.862. The normalized spacial score (nSPS) is 11.2. The van der Waals surface area contributed by atoms with Crippen LogP contribution in [0.25, 0.3) is 11.3 Å². The minimum Gasteiger partial charge on any atom is -0.444 e. The van der Waals surface area contributed by atoms with Crippen molar-refractivity contribution in [2.75, 3.05) is 11.1 Å². The third-order valence-electron chi connectivity index (χ3n) is 2.12. The van der Waals surface area contributed by atoms with Gasteiger partial charge in [-0.3, -0.25) is 5.32 Å². The number of nitrogens with two attached hydrogens (primary N) is 1. The maximum absolute atomic E-state index is 11.5. The summed E-state index contributed by atoms with van der Waals surface area (Å²) in [6.07, 6.45) is 3.71. The zero-order chi connectivity index (χ0) is 14.8. The van der Waals surface area contributed by atoms with Crippen molar-refractivity contribution < 1.29 is 14.1 Å². The Morgan fingerprint density at radius 1 is 1.30 bits per heavy atom. The van der Waals surface area contributed by atoms with Gasteiger partial charge in [-0.15, -0.1) is 0 Å². The minimum absolute atomic E-state index is 0.126. The topological polar surface area (TPSA) is 116 Å². The number of carbonyl (C=O) groups is 1. The van der Waals surface area contributed by atoms with Gasteiger partial charge in [0, 0.05) is 12.4 Å². The molecule has 0 aliphatic heterocycles. The van der Waals surface area contributed by atoms with Gasteiger partial charge in [-0.1, -0.05) is 5.16 Å². The summed E-state index contributed by atoms with van der Waals surface area (Å²) in [5, 5.41) is 5.99. The summed E-state index contributed by atoms with van der Waals surface area (Å²) in [6, 6.07) is 0. The first-order valence-electron chi connectivity index (χ1n) is 5.88. The molecule has 0 spiro atoms. The number of carbonyl (C=O) groups excluding carboxylic acids is 1. The van der Waals surface area contributed by atoms with Crippen LogP contribution < -0.4 is 11.1 Å². The minimum atomic E-state index is -0.621. The maximum atomic E-state index is 11.5. The lowest BCUT2D eigenvalue weighted by Gasteiger charge is -2.19. The van der Waals surface area contributed by atoms with Crippen molar-refractivity contribution in [3.8, 4) is 11.3 Å². The van der Waals surface area contributed by atoms with Gasteiger partial charge in [-0.05, 0) is 20.8 Å². The molecule has 0 aliphatic carbocycles. The Morgan fingerprint density at radius 3 is 2.45 bits per heavy atom. The van der Waals surface area contributed by atoms with Gasteiger partial charge in [0.2, 0.25) is 5.95 Å². The lowest BCUT2D eigenvalue weighted by atomic mass is 10.2. The summed E-state index contributed by atoms with van der Waals surface area (Å²) < 4.78 is 10.1. The number of nitrogens with one attached hydrogen (secondary N) is 1. The fourth-order valence-corrected chi connectivity index (χ4v) is 1.37. The Bertz CT molecular complexity index is 600. The molecular weight excluding hydrogens is 262 g/mol. The van der Waals surface area contributed by atoms with Gasteiger partial charge in [0.1, 0.15) is 11.3 Å². The molecule has 20 heavy (non-hydrogen) atoms. The van der Waals surface area contributed by atoms with Crippen molar-refractivity contribution in [2.24, 2.45) is 0 Å². The fraction of sp³-hybridized carbons (Fsp3) is 0.333. The zero-order valence-corrected chi connectivity index (χ0v) is 11.4. The van der Waals surface area contributed by atoms with Gasteiger partial charge >= 0.3 is 6.09 Å². The van der Waals surface area contributed by atoms with Crippen LogP contribution in [0.2, 0.25) is 0 Å². The highest BCUT2D eigenvalue weighted by Crippen LogP contribution is 2.24. The molecule has 0 atom stereocenters. The Balaban J connectivity index is 2.06. The van der Waals surface area contributed by atoms with E-state index in [1.807, 2.05) is 0 Å². The molecule has 2 heterocycles. The van der Waals surface area contributed by atoms with Gasteiger partial charge in [0.05, 0.1) is 11.8 Å². The summed E-state index contributed by atoms with van der Waals surface area (Å²) in [5.74, 6) is 0.509. The van der Waals surface area contributed by atoms with Crippen molar-refractivity contribution in [1.29, 1.82) is 0 Å². The van der Waals surface area contributed by atoms with Crippen LogP contribution in [0.3, 0.4) is 0 Å². The van der Waals surface area contributed by atoms with Gasteiger partial charge in [-0.2, -0.15) is 0 Å². The van der Waals surface area contributed by atoms with Crippen LogP contribution in [0, 0.1) is 0 Å². The largest absolute Gasteiger partial charge is 0.444 e. The molecule has 2 aromatic heterocycles. The van der Waals surface area contributed by atoms with E-state index in [0.717, 1.165) is 0 Å². The van der Waals surface area contributed by atoms with Gasteiger partial charge in [0.15, 0.2) is 5.76 Å². The molecular formula is C12H15N5O3. The molecule has 0 aliphatic rings. The van der Waals surface area contributed by atoms with E-state index in [-0.39, 0.29) is 5.95 Å². The Kier molecular flexibility index (Phi) is 3.55. The van der Waals surface area contributed by atoms with Gasteiger partial charge in [-0.25, -0.2) is 14.8 Å². The van der Waals surface area contributed by atoms with Gasteiger partial charge in [0.25, 0.3) is 0 Å². The number of amides is 1. The number of anilines is 2. The Hall–Kier alpha value is -2.64. The molecule has 8 nitrogen and oxygen atoms in total. The van der Waals surface area contributed by atoms with E-state index >= 15 is 0 Å². The average Bonchev–Trinajstić information content (AvgIpc) is 2.74. The van der Waals surface area contributed by atoms with Crippen LogP contribution in [0.1, 0.15) is 20.8 Å². The number of ether oxygens (including phenoxy) is 1. The molecule has 0 unspecified atom stereocenters. The summed E-state index contributed by atoms with van der Waals surface area (Å²) >= 11 is 0. The lowest BCUT2D eigenvalue weighted by molar-refractivity contribution is 0.0634. The van der Waals surface area contributed by atoms with Crippen LogP contribution in [0.5, 0.6) is 0 Å². The van der Waals surface area contributed by atoms with Crippen molar-refractivity contribution in [2.45, 2.75) is 26.4 Å². The number of rotatable bonds is 2. The first kappa shape index (κ1) is 13.8. The third-order valence-corrected chi connectivity index (χ3v) is 2.12. The van der Waals surface area contributed by atoms with E-state index < -0.39 is 11.7 Å². The second-order valence-electron chi connectivity index (χ2n) is 5.03. The zero-order valence-electron chi connectivity index (χ0n) is 11.4. The van der Waals surface area contributed by atoms with Crippen LogP contribution in [0.15, 0.2) is 23.1 Å². The molecule has 0 radical (unpaired) electrons. The Labute approximate surface area is 115 Å². The molecule has 0 aromatic carbocycles. The second kappa shape index (κ2) is 5.16. The van der Waals surface area contributed by atoms with Crippen molar-refractivity contribution in [1.82, 2.24) is 15.1 Å². The van der Waals surface area contributed by atoms with Crippen LogP contribution in [-0.2, 0) is 4.74 Å². The lowest BCUT2D eigenvalue weighted by Crippen LogP contribution is -2.27. The standard InChI is InChI=1S/C12H15N5O3/c1-12(2,3)19-11(18)17-10-14-4-7(5-15-10)9-8(13)6-16-20-9/h4-6H,13H2,1-3H3,(H,14,15,17,18). The summed E-state index contributed by atoms with van der Waals surface area (Å²) in [6.45, 7) is 5.30. The van der Waals surface area contributed by atoms with E-state index in [1.54, 1.807) is 20.8 Å². The highest BCUT2D eigenvalue weighted by atomic mass is 16.6. The van der Waals surface area contributed by atoms with Crippen LogP contribution >= 0.6 is 0 Å². The van der Waals surface area contributed by atoms with E-state index in [2.05, 4.69) is 20.4 Å². The first-order chi connectivity index (χ1) is 9.35. The smallest absolute Gasteiger partial charge is 0.414 e. The SMILES string of the molecule is CC(C)(C)OC(=O)Nc1ncc(-c2oncc2N)cn1. The number of aromatic nitrogens is 3. The van der Waals surface area contributed by atoms with Crippen molar-refractivity contribution in [3.63, 3.8) is 0 Å². The number of hydrogen-bond acceptors (Lipinski definition) is 7. The first-order valence-corrected chi connectivity index (χ1v) is 5.88. The fourth-order valence-electron chi connectivity index (χ4n) is 1.37. The van der Waals surface area contributed by atoms with Crippen molar-refractivity contribution in [3.05, 3.63) is 18.6 Å². The third kappa shape index (κ3) is 3.44. The second-order valence-corrected chi connectivity index (χ2v) is 5.03. The predicted octanol–water partition coefficient (Wildman–Crippen LogP) is 2.06. The summed E-state index contributed by atoms with van der Waals surface area (Å²) in [5.41, 5.74) is 6.03. The molecule has 0 bridgehead atoms.